The van der Waals surface area contributed by atoms with E-state index in [1.54, 1.807) is 12.4 Å². The van der Waals surface area contributed by atoms with Gasteiger partial charge in [-0.2, -0.15) is 5.26 Å². The summed E-state index contributed by atoms with van der Waals surface area (Å²) in [6, 6.07) is 59.9. The van der Waals surface area contributed by atoms with Gasteiger partial charge in [0, 0.05) is 61.8 Å². The van der Waals surface area contributed by atoms with Crippen LogP contribution in [0.3, 0.4) is 0 Å². The molecule has 8 aromatic carbocycles. The number of nitrogens with zero attached hydrogens (tertiary/aromatic N) is 5. The lowest BCUT2D eigenvalue weighted by atomic mass is 9.96. The first-order chi connectivity index (χ1) is 33.8. The number of halogens is 5. The number of hydrogen-bond donors (Lipinski definition) is 0. The van der Waals surface area contributed by atoms with E-state index < -0.39 is 40.2 Å². The van der Waals surface area contributed by atoms with Gasteiger partial charge in [-0.3, -0.25) is 9.97 Å². The van der Waals surface area contributed by atoms with Crippen LogP contribution in [-0.2, 0) is 0 Å². The fraction of sp³-hybridized carbons (Fsp3) is 0. The van der Waals surface area contributed by atoms with Crippen molar-refractivity contribution in [2.75, 3.05) is 0 Å². The number of hydrogen-bond acceptors (Lipinski definition) is 3. The highest BCUT2D eigenvalue weighted by molar-refractivity contribution is 6.13. The van der Waals surface area contributed by atoms with E-state index in [-0.39, 0.29) is 5.56 Å². The number of pyridine rings is 2. The first kappa shape index (κ1) is 41.2. The summed E-state index contributed by atoms with van der Waals surface area (Å²) < 4.78 is 80.7. The Kier molecular flexibility index (Phi) is 9.74. The van der Waals surface area contributed by atoms with Crippen LogP contribution in [0.15, 0.2) is 194 Å². The topological polar surface area (TPSA) is 59.4 Å². The van der Waals surface area contributed by atoms with Crippen molar-refractivity contribution in [3.05, 3.63) is 229 Å². The van der Waals surface area contributed by atoms with E-state index in [0.717, 1.165) is 77.3 Å². The molecule has 0 N–H and O–H groups in total. The molecule has 0 aliphatic rings. The molecule has 69 heavy (non-hydrogen) atoms. The van der Waals surface area contributed by atoms with Crippen LogP contribution in [0.1, 0.15) is 5.56 Å². The van der Waals surface area contributed by atoms with E-state index in [9.17, 15) is 9.65 Å². The third-order valence-electron chi connectivity index (χ3n) is 12.9. The van der Waals surface area contributed by atoms with Gasteiger partial charge in [0.25, 0.3) is 0 Å². The maximum absolute atomic E-state index is 16.0. The Morgan fingerprint density at radius 3 is 1.26 bits per heavy atom. The normalized spacial score (nSPS) is 11.5. The summed E-state index contributed by atoms with van der Waals surface area (Å²) in [6.07, 6.45) is 3.51. The molecule has 4 aromatic heterocycles. The molecular weight excluding hydrogens is 874 g/mol. The van der Waals surface area contributed by atoms with E-state index in [2.05, 4.69) is 12.1 Å². The second kappa shape index (κ2) is 16.3. The first-order valence-electron chi connectivity index (χ1n) is 22.0. The standard InChI is InChI=1S/C59H32F5N5/c60-53-52(54(61)56(63)57(64)55(53)62)43-32-51(69-47-22-10-8-18-42(47)45-30-37(24-26-49(45)69)40-20-12-28-67-59(40)35-15-5-2-6-16-35)50(31-38(43)33-65)68-46-21-9-7-17-41(46)44-29-36(23-25-48(44)68)39-19-11-27-66-58(39)34-13-3-1-4-14-34/h1-32H. The van der Waals surface area contributed by atoms with Crippen LogP contribution in [0.4, 0.5) is 22.0 Å². The Bertz CT molecular complexity index is 4070. The maximum atomic E-state index is 16.0. The van der Waals surface area contributed by atoms with E-state index in [0.29, 0.717) is 22.4 Å². The Balaban J connectivity index is 1.17. The smallest absolute Gasteiger partial charge is 0.200 e. The molecule has 12 aromatic rings. The van der Waals surface area contributed by atoms with Gasteiger partial charge in [0.1, 0.15) is 0 Å². The molecule has 0 amide bonds. The van der Waals surface area contributed by atoms with Crippen molar-refractivity contribution in [2.45, 2.75) is 0 Å². The van der Waals surface area contributed by atoms with Crippen LogP contribution in [0, 0.1) is 40.4 Å². The molecular formula is C59H32F5N5. The van der Waals surface area contributed by atoms with Crippen molar-refractivity contribution < 1.29 is 22.0 Å². The van der Waals surface area contributed by atoms with E-state index in [1.165, 1.54) is 12.1 Å². The van der Waals surface area contributed by atoms with Crippen LogP contribution in [-0.4, -0.2) is 19.1 Å². The number of para-hydroxylation sites is 2. The predicted molar refractivity (Wildman–Crippen MR) is 262 cm³/mol. The lowest BCUT2D eigenvalue weighted by Gasteiger charge is -2.20. The molecule has 0 unspecified atom stereocenters. The van der Waals surface area contributed by atoms with Gasteiger partial charge in [0.15, 0.2) is 23.3 Å². The van der Waals surface area contributed by atoms with Gasteiger partial charge >= 0.3 is 0 Å². The van der Waals surface area contributed by atoms with Gasteiger partial charge in [0.2, 0.25) is 5.82 Å². The Labute approximate surface area is 390 Å². The van der Waals surface area contributed by atoms with Gasteiger partial charge < -0.3 is 9.13 Å². The molecule has 0 radical (unpaired) electrons. The molecule has 0 bridgehead atoms. The van der Waals surface area contributed by atoms with Gasteiger partial charge in [-0.15, -0.1) is 0 Å². The van der Waals surface area contributed by atoms with Crippen molar-refractivity contribution >= 4 is 43.6 Å². The Hall–Kier alpha value is -9.20. The second-order valence-corrected chi connectivity index (χ2v) is 16.6. The number of rotatable bonds is 7. The summed E-state index contributed by atoms with van der Waals surface area (Å²) in [5.41, 5.74) is 8.62. The molecule has 4 heterocycles. The molecule has 0 atom stereocenters. The minimum atomic E-state index is -2.29. The van der Waals surface area contributed by atoms with Crippen molar-refractivity contribution in [1.82, 2.24) is 19.1 Å². The van der Waals surface area contributed by atoms with Crippen LogP contribution in [0.5, 0.6) is 0 Å². The third-order valence-corrected chi connectivity index (χ3v) is 12.9. The highest BCUT2D eigenvalue weighted by atomic mass is 19.2. The van der Waals surface area contributed by atoms with Gasteiger partial charge in [0.05, 0.1) is 62.0 Å². The van der Waals surface area contributed by atoms with Crippen molar-refractivity contribution in [1.29, 1.82) is 5.26 Å². The minimum absolute atomic E-state index is 0.309. The number of fused-ring (bicyclic) bond motifs is 6. The highest BCUT2D eigenvalue weighted by Crippen LogP contribution is 2.45. The molecule has 0 aliphatic carbocycles. The molecule has 0 saturated carbocycles. The largest absolute Gasteiger partial charge is 0.307 e. The summed E-state index contributed by atoms with van der Waals surface area (Å²) in [7, 11) is 0. The molecule has 0 fully saturated rings. The summed E-state index contributed by atoms with van der Waals surface area (Å²) >= 11 is 0. The van der Waals surface area contributed by atoms with Crippen LogP contribution in [0.2, 0.25) is 0 Å². The Morgan fingerprint density at radius 1 is 0.362 bits per heavy atom. The molecule has 0 saturated heterocycles. The highest BCUT2D eigenvalue weighted by Gasteiger charge is 2.30. The summed E-state index contributed by atoms with van der Waals surface area (Å²) in [4.78, 5) is 9.53. The lowest BCUT2D eigenvalue weighted by Crippen LogP contribution is -2.08. The zero-order valence-electron chi connectivity index (χ0n) is 36.1. The molecule has 5 nitrogen and oxygen atoms in total. The van der Waals surface area contributed by atoms with Crippen LogP contribution >= 0.6 is 0 Å². The SMILES string of the molecule is N#Cc1cc(-n2c3ccccc3c3cc(-c4cccnc4-c4ccccc4)ccc32)c(-n2c3ccccc3c3cc(-c4cccnc4-c4ccccc4)ccc32)cc1-c1c(F)c(F)c(F)c(F)c1F. The third kappa shape index (κ3) is 6.50. The van der Waals surface area contributed by atoms with E-state index in [1.807, 2.05) is 173 Å². The molecule has 328 valence electrons. The summed E-state index contributed by atoms with van der Waals surface area (Å²) in [5, 5.41) is 14.2. The van der Waals surface area contributed by atoms with Gasteiger partial charge in [-0.05, 0) is 71.8 Å². The first-order valence-corrected chi connectivity index (χ1v) is 22.0. The van der Waals surface area contributed by atoms with E-state index in [4.69, 9.17) is 9.97 Å². The fourth-order valence-electron chi connectivity index (χ4n) is 9.80. The van der Waals surface area contributed by atoms with Crippen molar-refractivity contribution in [2.24, 2.45) is 0 Å². The maximum Gasteiger partial charge on any atom is 0.200 e. The van der Waals surface area contributed by atoms with E-state index >= 15 is 17.6 Å². The quantitative estimate of drug-likeness (QED) is 0.0909. The number of aromatic nitrogens is 4. The second-order valence-electron chi connectivity index (χ2n) is 16.6. The van der Waals surface area contributed by atoms with Crippen LogP contribution in [0.25, 0.3) is 111 Å². The lowest BCUT2D eigenvalue weighted by molar-refractivity contribution is 0.381. The van der Waals surface area contributed by atoms with Crippen molar-refractivity contribution in [3.63, 3.8) is 0 Å². The average molecular weight is 906 g/mol. The zero-order valence-corrected chi connectivity index (χ0v) is 36.1. The minimum Gasteiger partial charge on any atom is -0.307 e. The number of benzene rings is 8. The predicted octanol–water partition coefficient (Wildman–Crippen LogP) is 15.6. The Morgan fingerprint density at radius 2 is 0.783 bits per heavy atom. The summed E-state index contributed by atoms with van der Waals surface area (Å²) in [5.74, 6) is -10.6. The summed E-state index contributed by atoms with van der Waals surface area (Å²) in [6.45, 7) is 0. The van der Waals surface area contributed by atoms with Crippen molar-refractivity contribution in [3.8, 4) is 73.3 Å². The molecule has 10 heteroatoms. The number of nitriles is 1. The monoisotopic (exact) mass is 905 g/mol. The molecule has 12 rings (SSSR count). The zero-order chi connectivity index (χ0) is 46.9. The molecule has 0 aliphatic heterocycles. The van der Waals surface area contributed by atoms with Gasteiger partial charge in [-0.1, -0.05) is 121 Å². The molecule has 0 spiro atoms. The van der Waals surface area contributed by atoms with Gasteiger partial charge in [-0.25, -0.2) is 22.0 Å². The fourth-order valence-corrected chi connectivity index (χ4v) is 9.80. The average Bonchev–Trinajstić information content (AvgIpc) is 3.92. The van der Waals surface area contributed by atoms with Crippen LogP contribution < -0.4 is 0 Å².